The average Bonchev–Trinajstić information content (AvgIpc) is 2.38. The number of nitrogens with one attached hydrogen (secondary N) is 2. The quantitative estimate of drug-likeness (QED) is 0.708. The van der Waals surface area contributed by atoms with E-state index in [-0.39, 0.29) is 5.91 Å². The van der Waals surface area contributed by atoms with Crippen LogP contribution in [0.2, 0.25) is 0 Å². The first-order valence-corrected chi connectivity index (χ1v) is 7.05. The van der Waals surface area contributed by atoms with Gasteiger partial charge in [-0.2, -0.15) is 0 Å². The zero-order valence-electron chi connectivity index (χ0n) is 12.1. The van der Waals surface area contributed by atoms with Crippen LogP contribution in [0.1, 0.15) is 55.8 Å². The molecule has 106 valence electrons. The van der Waals surface area contributed by atoms with Gasteiger partial charge in [-0.3, -0.25) is 4.79 Å². The Bertz CT molecular complexity index is 406. The van der Waals surface area contributed by atoms with Gasteiger partial charge in [-0.25, -0.2) is 9.97 Å². The predicted molar refractivity (Wildman–Crippen MR) is 77.4 cm³/mol. The van der Waals surface area contributed by atoms with Gasteiger partial charge in [0.05, 0.1) is 0 Å². The fourth-order valence-electron chi connectivity index (χ4n) is 1.64. The Hall–Kier alpha value is -1.65. The molecule has 0 unspecified atom stereocenters. The maximum atomic E-state index is 11.9. The van der Waals surface area contributed by atoms with E-state index in [2.05, 4.69) is 34.4 Å². The van der Waals surface area contributed by atoms with Crippen LogP contribution in [0.15, 0.2) is 6.07 Å². The minimum atomic E-state index is -0.127. The Morgan fingerprint density at radius 3 is 2.53 bits per heavy atom. The van der Waals surface area contributed by atoms with Gasteiger partial charge in [-0.1, -0.05) is 26.7 Å². The van der Waals surface area contributed by atoms with E-state index in [0.717, 1.165) is 38.0 Å². The number of amides is 1. The molecular formula is C14H24N4O. The molecule has 0 bridgehead atoms. The van der Waals surface area contributed by atoms with Gasteiger partial charge in [0, 0.05) is 19.2 Å². The van der Waals surface area contributed by atoms with Gasteiger partial charge in [0.25, 0.3) is 5.91 Å². The molecule has 0 radical (unpaired) electrons. The molecule has 1 aromatic rings. The molecule has 0 saturated carbocycles. The van der Waals surface area contributed by atoms with E-state index in [1.54, 1.807) is 13.0 Å². The number of anilines is 1. The number of unbranched alkanes of at least 4 members (excludes halogenated alkanes) is 2. The minimum absolute atomic E-state index is 0.127. The fourth-order valence-corrected chi connectivity index (χ4v) is 1.64. The Morgan fingerprint density at radius 2 is 1.84 bits per heavy atom. The zero-order chi connectivity index (χ0) is 14.1. The first-order chi connectivity index (χ1) is 9.17. The molecular weight excluding hydrogens is 240 g/mol. The van der Waals surface area contributed by atoms with Gasteiger partial charge in [0.2, 0.25) is 0 Å². The molecule has 2 N–H and O–H groups in total. The van der Waals surface area contributed by atoms with Gasteiger partial charge in [-0.05, 0) is 19.8 Å². The highest BCUT2D eigenvalue weighted by molar-refractivity contribution is 5.92. The maximum Gasteiger partial charge on any atom is 0.270 e. The largest absolute Gasteiger partial charge is 0.370 e. The van der Waals surface area contributed by atoms with Crippen LogP contribution < -0.4 is 10.6 Å². The summed E-state index contributed by atoms with van der Waals surface area (Å²) in [4.78, 5) is 20.4. The molecule has 0 atom stereocenters. The third kappa shape index (κ3) is 5.68. The number of hydrogen-bond donors (Lipinski definition) is 2. The van der Waals surface area contributed by atoms with E-state index in [0.29, 0.717) is 18.1 Å². The van der Waals surface area contributed by atoms with E-state index >= 15 is 0 Å². The number of nitrogens with zero attached hydrogens (tertiary/aromatic N) is 2. The van der Waals surface area contributed by atoms with Gasteiger partial charge in [-0.15, -0.1) is 0 Å². The summed E-state index contributed by atoms with van der Waals surface area (Å²) in [7, 11) is 0. The Labute approximate surface area is 115 Å². The van der Waals surface area contributed by atoms with Crippen molar-refractivity contribution in [2.24, 2.45) is 0 Å². The molecule has 1 rings (SSSR count). The summed E-state index contributed by atoms with van der Waals surface area (Å²) < 4.78 is 0. The van der Waals surface area contributed by atoms with Crippen LogP contribution in [-0.4, -0.2) is 29.0 Å². The summed E-state index contributed by atoms with van der Waals surface area (Å²) >= 11 is 0. The topological polar surface area (TPSA) is 66.9 Å². The van der Waals surface area contributed by atoms with Crippen LogP contribution in [0.5, 0.6) is 0 Å². The van der Waals surface area contributed by atoms with Crippen LogP contribution in [0.3, 0.4) is 0 Å². The van der Waals surface area contributed by atoms with Crippen LogP contribution in [0.25, 0.3) is 0 Å². The number of rotatable bonds is 8. The van der Waals surface area contributed by atoms with Crippen molar-refractivity contribution in [2.45, 2.75) is 46.5 Å². The molecule has 1 heterocycles. The third-order valence-corrected chi connectivity index (χ3v) is 2.72. The normalized spacial score (nSPS) is 10.3. The summed E-state index contributed by atoms with van der Waals surface area (Å²) in [5, 5.41) is 6.08. The minimum Gasteiger partial charge on any atom is -0.370 e. The zero-order valence-corrected chi connectivity index (χ0v) is 12.1. The number of hydrogen-bond acceptors (Lipinski definition) is 4. The first kappa shape index (κ1) is 15.4. The Morgan fingerprint density at radius 1 is 1.16 bits per heavy atom. The molecule has 1 amide bonds. The lowest BCUT2D eigenvalue weighted by Crippen LogP contribution is -2.26. The lowest BCUT2D eigenvalue weighted by molar-refractivity contribution is 0.0948. The summed E-state index contributed by atoms with van der Waals surface area (Å²) in [6.07, 6.45) is 4.26. The van der Waals surface area contributed by atoms with Gasteiger partial charge < -0.3 is 10.6 Å². The summed E-state index contributed by atoms with van der Waals surface area (Å²) in [5.41, 5.74) is 0.433. The highest BCUT2D eigenvalue weighted by atomic mass is 16.1. The lowest BCUT2D eigenvalue weighted by Gasteiger charge is -2.08. The van der Waals surface area contributed by atoms with Crippen molar-refractivity contribution in [2.75, 3.05) is 18.4 Å². The monoisotopic (exact) mass is 264 g/mol. The number of carbonyl (C=O) groups excluding carboxylic acids is 1. The van der Waals surface area contributed by atoms with Crippen molar-refractivity contribution in [1.29, 1.82) is 0 Å². The molecule has 1 aromatic heterocycles. The van der Waals surface area contributed by atoms with Gasteiger partial charge in [0.15, 0.2) is 0 Å². The van der Waals surface area contributed by atoms with Crippen molar-refractivity contribution in [3.63, 3.8) is 0 Å². The van der Waals surface area contributed by atoms with E-state index in [1.165, 1.54) is 0 Å². The van der Waals surface area contributed by atoms with Crippen molar-refractivity contribution in [1.82, 2.24) is 15.3 Å². The molecule has 0 aliphatic carbocycles. The number of carbonyl (C=O) groups is 1. The molecule has 5 nitrogen and oxygen atoms in total. The van der Waals surface area contributed by atoms with E-state index in [9.17, 15) is 4.79 Å². The van der Waals surface area contributed by atoms with Crippen molar-refractivity contribution in [3.05, 3.63) is 17.6 Å². The second kappa shape index (κ2) is 8.45. The SMILES string of the molecule is CCCCNC(=O)c1cc(NCCCC)nc(C)n1. The molecule has 0 saturated heterocycles. The smallest absolute Gasteiger partial charge is 0.270 e. The first-order valence-electron chi connectivity index (χ1n) is 7.05. The van der Waals surface area contributed by atoms with Crippen molar-refractivity contribution < 1.29 is 4.79 Å². The molecule has 0 fully saturated rings. The van der Waals surface area contributed by atoms with Crippen LogP contribution in [0, 0.1) is 6.92 Å². The summed E-state index contributed by atoms with van der Waals surface area (Å²) in [6.45, 7) is 7.59. The van der Waals surface area contributed by atoms with Crippen LogP contribution in [0.4, 0.5) is 5.82 Å². The Balaban J connectivity index is 2.64. The second-order valence-electron chi connectivity index (χ2n) is 4.58. The number of aryl methyl sites for hydroxylation is 1. The molecule has 0 aliphatic heterocycles. The summed E-state index contributed by atoms with van der Waals surface area (Å²) in [6, 6.07) is 1.71. The lowest BCUT2D eigenvalue weighted by atomic mass is 10.3. The highest BCUT2D eigenvalue weighted by Crippen LogP contribution is 2.07. The van der Waals surface area contributed by atoms with E-state index in [4.69, 9.17) is 0 Å². The molecule has 19 heavy (non-hydrogen) atoms. The average molecular weight is 264 g/mol. The molecule has 5 heteroatoms. The van der Waals surface area contributed by atoms with Crippen LogP contribution in [-0.2, 0) is 0 Å². The van der Waals surface area contributed by atoms with Gasteiger partial charge >= 0.3 is 0 Å². The predicted octanol–water partition coefficient (Wildman–Crippen LogP) is 2.53. The van der Waals surface area contributed by atoms with Gasteiger partial charge in [0.1, 0.15) is 17.3 Å². The van der Waals surface area contributed by atoms with Crippen LogP contribution >= 0.6 is 0 Å². The fraction of sp³-hybridized carbons (Fsp3) is 0.643. The number of aromatic nitrogens is 2. The Kier molecular flexibility index (Phi) is 6.85. The highest BCUT2D eigenvalue weighted by Gasteiger charge is 2.09. The van der Waals surface area contributed by atoms with Crippen molar-refractivity contribution in [3.8, 4) is 0 Å². The van der Waals surface area contributed by atoms with E-state index < -0.39 is 0 Å². The van der Waals surface area contributed by atoms with E-state index in [1.807, 2.05) is 0 Å². The molecule has 0 spiro atoms. The maximum absolute atomic E-state index is 11.9. The summed E-state index contributed by atoms with van der Waals surface area (Å²) in [5.74, 6) is 1.21. The van der Waals surface area contributed by atoms with Crippen molar-refractivity contribution >= 4 is 11.7 Å². The molecule has 0 aliphatic rings. The second-order valence-corrected chi connectivity index (χ2v) is 4.58. The molecule has 0 aromatic carbocycles. The standard InChI is InChI=1S/C14H24N4O/c1-4-6-8-15-13-10-12(17-11(3)18-13)14(19)16-9-7-5-2/h10H,4-9H2,1-3H3,(H,16,19)(H,15,17,18). The third-order valence-electron chi connectivity index (χ3n) is 2.72.